The highest BCUT2D eigenvalue weighted by atomic mass is 16.5. The molecule has 0 bridgehead atoms. The second kappa shape index (κ2) is 8.18. The van der Waals surface area contributed by atoms with E-state index in [1.165, 1.54) is 0 Å². The summed E-state index contributed by atoms with van der Waals surface area (Å²) >= 11 is 0. The van der Waals surface area contributed by atoms with Crippen molar-refractivity contribution in [2.24, 2.45) is 0 Å². The van der Waals surface area contributed by atoms with E-state index >= 15 is 0 Å². The molecule has 30 heavy (non-hydrogen) atoms. The van der Waals surface area contributed by atoms with Crippen LogP contribution in [0.1, 0.15) is 39.0 Å². The Hall–Kier alpha value is -3.35. The van der Waals surface area contributed by atoms with Gasteiger partial charge in [-0.05, 0) is 56.2 Å². The minimum atomic E-state index is -0.904. The lowest BCUT2D eigenvalue weighted by Gasteiger charge is -2.31. The zero-order valence-electron chi connectivity index (χ0n) is 16.9. The van der Waals surface area contributed by atoms with Crippen LogP contribution >= 0.6 is 0 Å². The highest BCUT2D eigenvalue weighted by Crippen LogP contribution is 2.34. The Bertz CT molecular complexity index is 937. The van der Waals surface area contributed by atoms with E-state index in [0.717, 1.165) is 29.9 Å². The Morgan fingerprint density at radius 3 is 2.30 bits per heavy atom. The van der Waals surface area contributed by atoms with E-state index in [-0.39, 0.29) is 5.91 Å². The predicted molar refractivity (Wildman–Crippen MR) is 112 cm³/mol. The monoisotopic (exact) mass is 407 g/mol. The standard InChI is InChI=1S/C23H25N3O4/c1-16(26-21(28)23(25-22(26)29)14-6-3-7-15-23)20(27)24-17-10-12-19(13-11-17)30-18-8-4-2-5-9-18/h2,4-5,8-13,16H,3,6-7,14-15H2,1H3,(H,24,27)(H,25,29)/t16-/m0/s1. The number of hydrogen-bond acceptors (Lipinski definition) is 4. The highest BCUT2D eigenvalue weighted by Gasteiger charge is 2.53. The van der Waals surface area contributed by atoms with Crippen molar-refractivity contribution in [1.82, 2.24) is 10.2 Å². The number of para-hydroxylation sites is 1. The maximum atomic E-state index is 13.0. The quantitative estimate of drug-likeness (QED) is 0.732. The fourth-order valence-electron chi connectivity index (χ4n) is 4.08. The summed E-state index contributed by atoms with van der Waals surface area (Å²) in [4.78, 5) is 39.2. The lowest BCUT2D eigenvalue weighted by atomic mass is 9.81. The fourth-order valence-corrected chi connectivity index (χ4v) is 4.08. The number of amides is 4. The Kier molecular flexibility index (Phi) is 5.44. The van der Waals surface area contributed by atoms with Gasteiger partial charge in [0.05, 0.1) is 0 Å². The van der Waals surface area contributed by atoms with E-state index < -0.39 is 23.5 Å². The third-order valence-electron chi connectivity index (χ3n) is 5.77. The van der Waals surface area contributed by atoms with Crippen LogP contribution in [0.3, 0.4) is 0 Å². The first-order valence-electron chi connectivity index (χ1n) is 10.3. The Balaban J connectivity index is 1.40. The lowest BCUT2D eigenvalue weighted by molar-refractivity contribution is -0.137. The molecule has 4 amide bonds. The van der Waals surface area contributed by atoms with Crippen LogP contribution in [-0.2, 0) is 9.59 Å². The molecule has 0 radical (unpaired) electrons. The van der Waals surface area contributed by atoms with Gasteiger partial charge in [-0.3, -0.25) is 9.59 Å². The summed E-state index contributed by atoms with van der Waals surface area (Å²) in [7, 11) is 0. The molecule has 0 aromatic heterocycles. The number of carbonyl (C=O) groups is 3. The third kappa shape index (κ3) is 3.87. The molecule has 156 valence electrons. The molecule has 1 aliphatic heterocycles. The first kappa shape index (κ1) is 19.9. The second-order valence-electron chi connectivity index (χ2n) is 7.85. The molecule has 4 rings (SSSR count). The summed E-state index contributed by atoms with van der Waals surface area (Å²) in [6.45, 7) is 1.57. The molecule has 1 aliphatic carbocycles. The van der Waals surface area contributed by atoms with Crippen molar-refractivity contribution in [3.05, 3.63) is 54.6 Å². The van der Waals surface area contributed by atoms with Gasteiger partial charge in [-0.15, -0.1) is 0 Å². The van der Waals surface area contributed by atoms with E-state index in [4.69, 9.17) is 4.74 Å². The Morgan fingerprint density at radius 2 is 1.63 bits per heavy atom. The molecule has 2 fully saturated rings. The zero-order chi connectivity index (χ0) is 21.1. The van der Waals surface area contributed by atoms with Gasteiger partial charge >= 0.3 is 6.03 Å². The van der Waals surface area contributed by atoms with Gasteiger partial charge in [-0.25, -0.2) is 9.69 Å². The van der Waals surface area contributed by atoms with E-state index in [9.17, 15) is 14.4 Å². The van der Waals surface area contributed by atoms with Crippen LogP contribution in [0.25, 0.3) is 0 Å². The highest BCUT2D eigenvalue weighted by molar-refractivity contribution is 6.11. The molecule has 1 heterocycles. The van der Waals surface area contributed by atoms with E-state index in [2.05, 4.69) is 10.6 Å². The third-order valence-corrected chi connectivity index (χ3v) is 5.77. The Labute approximate surface area is 175 Å². The number of ether oxygens (including phenoxy) is 1. The van der Waals surface area contributed by atoms with Crippen LogP contribution < -0.4 is 15.4 Å². The average Bonchev–Trinajstić information content (AvgIpc) is 2.99. The summed E-state index contributed by atoms with van der Waals surface area (Å²) in [6.07, 6.45) is 4.12. The van der Waals surface area contributed by atoms with Gasteiger partial charge in [0, 0.05) is 5.69 Å². The molecule has 7 heteroatoms. The van der Waals surface area contributed by atoms with Gasteiger partial charge in [0.25, 0.3) is 5.91 Å². The molecule has 2 aliphatic rings. The van der Waals surface area contributed by atoms with Crippen LogP contribution in [0.2, 0.25) is 0 Å². The Morgan fingerprint density at radius 1 is 1.00 bits per heavy atom. The van der Waals surface area contributed by atoms with Gasteiger partial charge in [-0.2, -0.15) is 0 Å². The van der Waals surface area contributed by atoms with Crippen molar-refractivity contribution >= 4 is 23.5 Å². The minimum Gasteiger partial charge on any atom is -0.457 e. The first-order valence-corrected chi connectivity index (χ1v) is 10.3. The summed E-state index contributed by atoms with van der Waals surface area (Å²) in [6, 6.07) is 14.9. The topological polar surface area (TPSA) is 87.7 Å². The molecule has 2 N–H and O–H groups in total. The van der Waals surface area contributed by atoms with Crippen molar-refractivity contribution < 1.29 is 19.1 Å². The zero-order valence-corrected chi connectivity index (χ0v) is 16.9. The molecule has 1 saturated heterocycles. The van der Waals surface area contributed by atoms with E-state index in [1.54, 1.807) is 31.2 Å². The van der Waals surface area contributed by atoms with Gasteiger partial charge in [0.2, 0.25) is 5.91 Å². The van der Waals surface area contributed by atoms with Crippen molar-refractivity contribution in [3.8, 4) is 11.5 Å². The molecular formula is C23H25N3O4. The maximum absolute atomic E-state index is 13.0. The summed E-state index contributed by atoms with van der Waals surface area (Å²) < 4.78 is 5.74. The van der Waals surface area contributed by atoms with Crippen molar-refractivity contribution in [1.29, 1.82) is 0 Å². The molecule has 0 unspecified atom stereocenters. The number of nitrogens with one attached hydrogen (secondary N) is 2. The van der Waals surface area contributed by atoms with E-state index in [0.29, 0.717) is 24.3 Å². The molecule has 2 aromatic carbocycles. The number of imide groups is 1. The first-order chi connectivity index (χ1) is 14.5. The van der Waals surface area contributed by atoms with E-state index in [1.807, 2.05) is 30.3 Å². The van der Waals surface area contributed by atoms with Gasteiger partial charge in [0.1, 0.15) is 23.1 Å². The molecule has 1 saturated carbocycles. The van der Waals surface area contributed by atoms with Crippen LogP contribution in [0.4, 0.5) is 10.5 Å². The van der Waals surface area contributed by atoms with Gasteiger partial charge in [-0.1, -0.05) is 37.5 Å². The summed E-state index contributed by atoms with van der Waals surface area (Å²) in [5.74, 6) is 0.656. The number of carbonyl (C=O) groups excluding carboxylic acids is 3. The van der Waals surface area contributed by atoms with Gasteiger partial charge < -0.3 is 15.4 Å². The molecule has 2 aromatic rings. The van der Waals surface area contributed by atoms with Crippen LogP contribution in [0, 0.1) is 0 Å². The SMILES string of the molecule is C[C@@H](C(=O)Nc1ccc(Oc2ccccc2)cc1)N1C(=O)NC2(CCCCC2)C1=O. The summed E-state index contributed by atoms with van der Waals surface area (Å²) in [5.41, 5.74) is -0.271. The van der Waals surface area contributed by atoms with Crippen LogP contribution in [0.15, 0.2) is 54.6 Å². The minimum absolute atomic E-state index is 0.290. The number of benzene rings is 2. The fraction of sp³-hybridized carbons (Fsp3) is 0.348. The predicted octanol–water partition coefficient (Wildman–Crippen LogP) is 4.06. The van der Waals surface area contributed by atoms with Crippen LogP contribution in [-0.4, -0.2) is 34.3 Å². The molecule has 7 nitrogen and oxygen atoms in total. The number of urea groups is 1. The maximum Gasteiger partial charge on any atom is 0.325 e. The van der Waals surface area contributed by atoms with Crippen molar-refractivity contribution in [3.63, 3.8) is 0 Å². The summed E-state index contributed by atoms with van der Waals surface area (Å²) in [5, 5.41) is 5.61. The second-order valence-corrected chi connectivity index (χ2v) is 7.85. The average molecular weight is 407 g/mol. The van der Waals surface area contributed by atoms with Crippen molar-refractivity contribution in [2.75, 3.05) is 5.32 Å². The smallest absolute Gasteiger partial charge is 0.325 e. The molecule has 1 atom stereocenters. The van der Waals surface area contributed by atoms with Gasteiger partial charge in [0.15, 0.2) is 0 Å². The number of rotatable bonds is 5. The normalized spacial score (nSPS) is 18.8. The number of nitrogens with zero attached hydrogens (tertiary/aromatic N) is 1. The number of anilines is 1. The lowest BCUT2D eigenvalue weighted by Crippen LogP contribution is -2.50. The molecular weight excluding hydrogens is 382 g/mol. The molecule has 1 spiro atoms. The largest absolute Gasteiger partial charge is 0.457 e. The number of hydrogen-bond donors (Lipinski definition) is 2. The van der Waals surface area contributed by atoms with Crippen molar-refractivity contribution in [2.45, 2.75) is 50.6 Å². The van der Waals surface area contributed by atoms with Crippen LogP contribution in [0.5, 0.6) is 11.5 Å².